The fraction of sp³-hybridized carbons (Fsp3) is 0.0500. The Labute approximate surface area is 144 Å². The SMILES string of the molecule is C=C(NOC)c1ccc(Nc2nc3ccccc3c3occc23)cc1. The van der Waals surface area contributed by atoms with E-state index in [0.717, 1.165) is 38.9 Å². The molecule has 0 spiro atoms. The lowest BCUT2D eigenvalue weighted by molar-refractivity contribution is 0.137. The van der Waals surface area contributed by atoms with Crippen LogP contribution in [0.1, 0.15) is 5.56 Å². The molecule has 2 N–H and O–H groups in total. The third kappa shape index (κ3) is 2.81. The molecule has 124 valence electrons. The van der Waals surface area contributed by atoms with Gasteiger partial charge in [0.1, 0.15) is 11.4 Å². The minimum Gasteiger partial charge on any atom is -0.463 e. The van der Waals surface area contributed by atoms with Gasteiger partial charge < -0.3 is 9.73 Å². The summed E-state index contributed by atoms with van der Waals surface area (Å²) >= 11 is 0. The molecule has 25 heavy (non-hydrogen) atoms. The quantitative estimate of drug-likeness (QED) is 0.512. The molecule has 0 saturated carbocycles. The van der Waals surface area contributed by atoms with Gasteiger partial charge in [0, 0.05) is 11.1 Å². The Bertz CT molecular complexity index is 1050. The minimum absolute atomic E-state index is 0.704. The first-order valence-corrected chi connectivity index (χ1v) is 7.87. The first-order valence-electron chi connectivity index (χ1n) is 7.87. The lowest BCUT2D eigenvalue weighted by Gasteiger charge is -2.10. The van der Waals surface area contributed by atoms with Crippen molar-refractivity contribution in [2.75, 3.05) is 12.4 Å². The average Bonchev–Trinajstić information content (AvgIpc) is 3.13. The van der Waals surface area contributed by atoms with E-state index in [2.05, 4.69) is 17.4 Å². The molecule has 0 saturated heterocycles. The van der Waals surface area contributed by atoms with Gasteiger partial charge in [-0.2, -0.15) is 0 Å². The summed E-state index contributed by atoms with van der Waals surface area (Å²) in [6.45, 7) is 3.92. The van der Waals surface area contributed by atoms with Crippen molar-refractivity contribution >= 4 is 39.1 Å². The van der Waals surface area contributed by atoms with Crippen molar-refractivity contribution in [2.24, 2.45) is 0 Å². The minimum atomic E-state index is 0.704. The number of nitrogens with zero attached hydrogens (tertiary/aromatic N) is 1. The second kappa shape index (κ2) is 6.30. The van der Waals surface area contributed by atoms with Gasteiger partial charge in [0.05, 0.1) is 30.0 Å². The van der Waals surface area contributed by atoms with Gasteiger partial charge in [-0.3, -0.25) is 10.3 Å². The van der Waals surface area contributed by atoms with Crippen molar-refractivity contribution < 1.29 is 9.25 Å². The van der Waals surface area contributed by atoms with Crippen LogP contribution >= 0.6 is 0 Å². The van der Waals surface area contributed by atoms with Crippen LogP contribution in [0.2, 0.25) is 0 Å². The molecule has 0 aliphatic rings. The number of para-hydroxylation sites is 1. The zero-order valence-corrected chi connectivity index (χ0v) is 13.7. The standard InChI is InChI=1S/C20H17N3O2/c1-13(23-24-2)14-7-9-15(10-8-14)21-20-17-11-12-25-19(17)16-5-3-4-6-18(16)22-20/h3-12,23H,1H2,2H3,(H,21,22). The normalized spacial score (nSPS) is 10.9. The fourth-order valence-electron chi connectivity index (χ4n) is 2.82. The second-order valence-electron chi connectivity index (χ2n) is 5.63. The summed E-state index contributed by atoms with van der Waals surface area (Å²) in [4.78, 5) is 9.62. The first kappa shape index (κ1) is 15.2. The summed E-state index contributed by atoms with van der Waals surface area (Å²) in [6.07, 6.45) is 1.69. The first-order chi connectivity index (χ1) is 12.3. The molecule has 2 aromatic carbocycles. The number of fused-ring (bicyclic) bond motifs is 3. The Hall–Kier alpha value is -3.31. The molecule has 4 rings (SSSR count). The van der Waals surface area contributed by atoms with E-state index in [9.17, 15) is 0 Å². The van der Waals surface area contributed by atoms with Crippen LogP contribution in [0.3, 0.4) is 0 Å². The zero-order valence-electron chi connectivity index (χ0n) is 13.7. The van der Waals surface area contributed by atoms with Gasteiger partial charge in [0.25, 0.3) is 0 Å². The van der Waals surface area contributed by atoms with E-state index < -0.39 is 0 Å². The third-order valence-electron chi connectivity index (χ3n) is 4.02. The van der Waals surface area contributed by atoms with Gasteiger partial charge in [0.2, 0.25) is 0 Å². The molecule has 2 heterocycles. The molecule has 0 atom stereocenters. The number of aromatic nitrogens is 1. The molecule has 5 nitrogen and oxygen atoms in total. The van der Waals surface area contributed by atoms with Gasteiger partial charge in [-0.05, 0) is 35.9 Å². The molecule has 0 aliphatic heterocycles. The molecule has 0 amide bonds. The Morgan fingerprint density at radius 1 is 1.04 bits per heavy atom. The molecule has 4 aromatic rings. The zero-order chi connectivity index (χ0) is 17.2. The smallest absolute Gasteiger partial charge is 0.146 e. The van der Waals surface area contributed by atoms with Crippen LogP contribution in [0.25, 0.3) is 27.6 Å². The molecule has 5 heteroatoms. The van der Waals surface area contributed by atoms with Gasteiger partial charge in [-0.25, -0.2) is 4.98 Å². The number of anilines is 2. The largest absolute Gasteiger partial charge is 0.463 e. The van der Waals surface area contributed by atoms with Crippen LogP contribution in [0, 0.1) is 0 Å². The summed E-state index contributed by atoms with van der Waals surface area (Å²) in [5.74, 6) is 0.768. The van der Waals surface area contributed by atoms with Crippen LogP contribution in [0.5, 0.6) is 0 Å². The van der Waals surface area contributed by atoms with E-state index in [-0.39, 0.29) is 0 Å². The summed E-state index contributed by atoms with van der Waals surface area (Å²) in [6, 6.07) is 17.7. The molecule has 0 unspecified atom stereocenters. The number of hydroxylamine groups is 1. The van der Waals surface area contributed by atoms with Gasteiger partial charge in [-0.1, -0.05) is 30.8 Å². The maximum absolute atomic E-state index is 5.67. The summed E-state index contributed by atoms with van der Waals surface area (Å²) < 4.78 is 5.67. The van der Waals surface area contributed by atoms with Crippen LogP contribution in [0.15, 0.2) is 71.9 Å². The highest BCUT2D eigenvalue weighted by molar-refractivity contribution is 6.07. The number of hydrogen-bond acceptors (Lipinski definition) is 5. The Balaban J connectivity index is 1.70. The van der Waals surface area contributed by atoms with Crippen LogP contribution < -0.4 is 10.8 Å². The summed E-state index contributed by atoms with van der Waals surface area (Å²) in [5.41, 5.74) is 7.04. The highest BCUT2D eigenvalue weighted by Gasteiger charge is 2.11. The monoisotopic (exact) mass is 331 g/mol. The molecule has 0 radical (unpaired) electrons. The number of furan rings is 1. The maximum Gasteiger partial charge on any atom is 0.146 e. The highest BCUT2D eigenvalue weighted by atomic mass is 16.6. The van der Waals surface area contributed by atoms with E-state index in [1.807, 2.05) is 54.6 Å². The van der Waals surface area contributed by atoms with Crippen molar-refractivity contribution in [3.8, 4) is 0 Å². The predicted octanol–water partition coefficient (Wildman–Crippen LogP) is 4.85. The number of nitrogens with one attached hydrogen (secondary N) is 2. The number of rotatable bonds is 5. The number of pyridine rings is 1. The van der Waals surface area contributed by atoms with Crippen molar-refractivity contribution in [3.63, 3.8) is 0 Å². The van der Waals surface area contributed by atoms with Gasteiger partial charge >= 0.3 is 0 Å². The maximum atomic E-state index is 5.67. The van der Waals surface area contributed by atoms with Crippen molar-refractivity contribution in [1.29, 1.82) is 0 Å². The second-order valence-corrected chi connectivity index (χ2v) is 5.63. The van der Waals surface area contributed by atoms with E-state index in [1.54, 1.807) is 13.4 Å². The molecule has 2 aromatic heterocycles. The summed E-state index contributed by atoms with van der Waals surface area (Å²) in [7, 11) is 1.56. The average molecular weight is 331 g/mol. The lowest BCUT2D eigenvalue weighted by atomic mass is 10.1. The Kier molecular flexibility index (Phi) is 3.84. The van der Waals surface area contributed by atoms with Crippen molar-refractivity contribution in [1.82, 2.24) is 10.5 Å². The highest BCUT2D eigenvalue weighted by Crippen LogP contribution is 2.31. The van der Waals surface area contributed by atoms with E-state index >= 15 is 0 Å². The predicted molar refractivity (Wildman–Crippen MR) is 100 cm³/mol. The van der Waals surface area contributed by atoms with Crippen LogP contribution in [-0.4, -0.2) is 12.1 Å². The van der Waals surface area contributed by atoms with E-state index in [4.69, 9.17) is 14.2 Å². The van der Waals surface area contributed by atoms with Crippen molar-refractivity contribution in [2.45, 2.75) is 0 Å². The van der Waals surface area contributed by atoms with Gasteiger partial charge in [-0.15, -0.1) is 0 Å². The van der Waals surface area contributed by atoms with E-state index in [0.29, 0.717) is 5.70 Å². The topological polar surface area (TPSA) is 59.3 Å². The number of benzene rings is 2. The third-order valence-corrected chi connectivity index (χ3v) is 4.02. The van der Waals surface area contributed by atoms with Crippen LogP contribution in [-0.2, 0) is 4.84 Å². The molecular weight excluding hydrogens is 314 g/mol. The number of hydrogen-bond donors (Lipinski definition) is 2. The Morgan fingerprint density at radius 2 is 1.84 bits per heavy atom. The molecular formula is C20H17N3O2. The lowest BCUT2D eigenvalue weighted by Crippen LogP contribution is -2.08. The molecule has 0 bridgehead atoms. The van der Waals surface area contributed by atoms with E-state index in [1.165, 1.54) is 0 Å². The van der Waals surface area contributed by atoms with Crippen molar-refractivity contribution in [3.05, 3.63) is 73.0 Å². The van der Waals surface area contributed by atoms with Crippen LogP contribution in [0.4, 0.5) is 11.5 Å². The Morgan fingerprint density at radius 3 is 2.64 bits per heavy atom. The fourth-order valence-corrected chi connectivity index (χ4v) is 2.82. The molecule has 0 aliphatic carbocycles. The molecule has 0 fully saturated rings. The summed E-state index contributed by atoms with van der Waals surface area (Å²) in [5, 5.41) is 5.33. The van der Waals surface area contributed by atoms with Gasteiger partial charge in [0.15, 0.2) is 0 Å².